The van der Waals surface area contributed by atoms with Crippen LogP contribution in [0.3, 0.4) is 0 Å². The fraction of sp³-hybridized carbons (Fsp3) is 0.897. The van der Waals surface area contributed by atoms with Gasteiger partial charge in [0.1, 0.15) is 25.4 Å². The number of ether oxygens (including phenoxy) is 4. The molecule has 0 aromatic carbocycles. The summed E-state index contributed by atoms with van der Waals surface area (Å²) in [6.07, 6.45) is 42.4. The third kappa shape index (κ3) is 9.94. The van der Waals surface area contributed by atoms with Gasteiger partial charge in [0.2, 0.25) is 0 Å². The van der Waals surface area contributed by atoms with Gasteiger partial charge in [-0.15, -0.1) is 0 Å². The van der Waals surface area contributed by atoms with Crippen LogP contribution < -0.4 is 0 Å². The van der Waals surface area contributed by atoms with Gasteiger partial charge in [-0.2, -0.15) is 0 Å². The van der Waals surface area contributed by atoms with Crippen molar-refractivity contribution in [2.75, 3.05) is 13.2 Å². The second-order valence-corrected chi connectivity index (χ2v) is 24.4. The van der Waals surface area contributed by atoms with Gasteiger partial charge in [0, 0.05) is 12.8 Å². The first-order valence-corrected chi connectivity index (χ1v) is 28.0. The molecule has 6 saturated carbocycles. The summed E-state index contributed by atoms with van der Waals surface area (Å²) in [4.78, 5) is 25.7. The molecule has 0 aromatic rings. The minimum atomic E-state index is -0.654. The van der Waals surface area contributed by atoms with Crippen LogP contribution in [0.1, 0.15) is 234 Å². The summed E-state index contributed by atoms with van der Waals surface area (Å²) < 4.78 is 22.7. The third-order valence-electron chi connectivity index (χ3n) is 21.4. The molecule has 0 N–H and O–H groups in total. The van der Waals surface area contributed by atoms with Gasteiger partial charge < -0.3 is 18.9 Å². The Morgan fingerprint density at radius 1 is 0.500 bits per heavy atom. The highest BCUT2D eigenvalue weighted by atomic mass is 16.8. The Balaban J connectivity index is 0.731. The molecule has 362 valence electrons. The second-order valence-electron chi connectivity index (χ2n) is 24.4. The number of unbranched alkanes of at least 4 members (excludes halogenated alkanes) is 10. The predicted molar refractivity (Wildman–Crippen MR) is 259 cm³/mol. The van der Waals surface area contributed by atoms with Crippen molar-refractivity contribution in [3.8, 4) is 0 Å². The van der Waals surface area contributed by atoms with Crippen molar-refractivity contribution in [2.45, 2.75) is 246 Å². The van der Waals surface area contributed by atoms with Gasteiger partial charge in [-0.05, 0) is 172 Å². The Labute approximate surface area is 391 Å². The second kappa shape index (κ2) is 21.1. The van der Waals surface area contributed by atoms with Gasteiger partial charge in [0.15, 0.2) is 0 Å². The molecule has 8 aliphatic carbocycles. The highest BCUT2D eigenvalue weighted by Gasteiger charge is 2.60. The van der Waals surface area contributed by atoms with E-state index in [2.05, 4.69) is 53.7 Å². The van der Waals surface area contributed by atoms with E-state index in [0.717, 1.165) is 85.9 Å². The molecule has 64 heavy (non-hydrogen) atoms. The number of fused-ring (bicyclic) bond motifs is 10. The Bertz CT molecular complexity index is 1520. The first kappa shape index (κ1) is 48.5. The maximum atomic E-state index is 12.9. The minimum Gasteiger partial charge on any atom is -0.431 e. The number of hydrogen-bond acceptors (Lipinski definition) is 6. The Morgan fingerprint density at radius 3 is 1.33 bits per heavy atom. The van der Waals surface area contributed by atoms with Gasteiger partial charge in [-0.1, -0.05) is 142 Å². The third-order valence-corrected chi connectivity index (χ3v) is 21.4. The highest BCUT2D eigenvalue weighted by molar-refractivity contribution is 5.61. The van der Waals surface area contributed by atoms with E-state index in [4.69, 9.17) is 18.9 Å². The zero-order chi connectivity index (χ0) is 45.0. The van der Waals surface area contributed by atoms with Crippen LogP contribution in [0.5, 0.6) is 0 Å². The van der Waals surface area contributed by atoms with E-state index < -0.39 is 12.3 Å². The van der Waals surface area contributed by atoms with Crippen LogP contribution in [0.25, 0.3) is 0 Å². The summed E-state index contributed by atoms with van der Waals surface area (Å²) in [5, 5.41) is 0. The van der Waals surface area contributed by atoms with Gasteiger partial charge in [0.05, 0.1) is 0 Å². The molecule has 0 heterocycles. The highest BCUT2D eigenvalue weighted by Crippen LogP contribution is 2.68. The molecule has 6 fully saturated rings. The molecule has 0 aromatic heterocycles. The van der Waals surface area contributed by atoms with Crippen molar-refractivity contribution in [3.05, 3.63) is 23.3 Å². The number of allylic oxidation sites excluding steroid dienone is 2. The maximum Gasteiger partial charge on any atom is 0.508 e. The lowest BCUT2D eigenvalue weighted by molar-refractivity contribution is -0.0600. The average molecular weight is 887 g/mol. The van der Waals surface area contributed by atoms with E-state index in [-0.39, 0.29) is 36.3 Å². The molecule has 0 saturated heterocycles. The molecule has 0 radical (unpaired) electrons. The lowest BCUT2D eigenvalue weighted by Crippen LogP contribution is -2.50. The average Bonchev–Trinajstić information content (AvgIpc) is 3.80. The van der Waals surface area contributed by atoms with Gasteiger partial charge in [-0.3, -0.25) is 0 Å². The van der Waals surface area contributed by atoms with Gasteiger partial charge in [0.25, 0.3) is 0 Å². The van der Waals surface area contributed by atoms with Crippen LogP contribution in [0.2, 0.25) is 0 Å². The molecule has 0 spiro atoms. The van der Waals surface area contributed by atoms with E-state index >= 15 is 0 Å². The molecule has 0 aliphatic heterocycles. The molecular formula is C58H94O6. The monoisotopic (exact) mass is 887 g/mol. The maximum absolute atomic E-state index is 12.9. The first-order valence-electron chi connectivity index (χ1n) is 28.0. The molecule has 8 aliphatic rings. The fourth-order valence-corrected chi connectivity index (χ4v) is 17.6. The van der Waals surface area contributed by atoms with E-state index in [9.17, 15) is 9.59 Å². The first-order chi connectivity index (χ1) is 30.9. The number of hydrogen-bond donors (Lipinski definition) is 0. The molecule has 0 bridgehead atoms. The van der Waals surface area contributed by atoms with Crippen LogP contribution in [0.15, 0.2) is 23.3 Å². The van der Waals surface area contributed by atoms with Gasteiger partial charge in [-0.25, -0.2) is 9.59 Å². The summed E-state index contributed by atoms with van der Waals surface area (Å²) in [6, 6.07) is 0. The Kier molecular flexibility index (Phi) is 16.0. The van der Waals surface area contributed by atoms with Crippen LogP contribution in [-0.4, -0.2) is 37.7 Å². The summed E-state index contributed by atoms with van der Waals surface area (Å²) in [5.74, 6) is 6.67. The number of carbonyl (C=O) groups excluding carboxylic acids is 2. The quantitative estimate of drug-likeness (QED) is 0.0731. The van der Waals surface area contributed by atoms with Crippen molar-refractivity contribution in [2.24, 2.45) is 69.0 Å². The van der Waals surface area contributed by atoms with E-state index in [1.165, 1.54) is 165 Å². The summed E-state index contributed by atoms with van der Waals surface area (Å²) >= 11 is 0. The minimum absolute atomic E-state index is 0.0261. The van der Waals surface area contributed by atoms with E-state index in [1.54, 1.807) is 0 Å². The van der Waals surface area contributed by atoms with Crippen molar-refractivity contribution in [1.82, 2.24) is 0 Å². The van der Waals surface area contributed by atoms with Crippen molar-refractivity contribution < 1.29 is 28.5 Å². The standard InChI is InChI=1S/C58H94O6/c1-7-9-11-13-15-17-19-41-23-27-49-47-25-21-43-39-45(29-33-57(43,5)51(47)31-35-55(41,49)3)63-53(59)61-37-38-62-54(60)64-46-30-34-58(6)44(40-46)22-26-48-50-28-24-42(20-18-16-14-12-10-8-2)56(50,4)36-32-52(48)58/h21-22,41-42,45-52H,7-20,23-40H2,1-6H3/t41?,42?,45-,46+,47?,48?,49?,50?,51?,52?,55+,56-,57-,58+. The fourth-order valence-electron chi connectivity index (χ4n) is 17.6. The topological polar surface area (TPSA) is 71.1 Å². The van der Waals surface area contributed by atoms with Gasteiger partial charge >= 0.3 is 12.3 Å². The van der Waals surface area contributed by atoms with Crippen LogP contribution in [-0.2, 0) is 18.9 Å². The van der Waals surface area contributed by atoms with Crippen molar-refractivity contribution in [1.29, 1.82) is 0 Å². The molecule has 8 rings (SSSR count). The lowest BCUT2D eigenvalue weighted by Gasteiger charge is -2.58. The normalized spacial score (nSPS) is 40.9. The molecule has 14 atom stereocenters. The van der Waals surface area contributed by atoms with Crippen LogP contribution >= 0.6 is 0 Å². The molecule has 6 heteroatoms. The summed E-state index contributed by atoms with van der Waals surface area (Å²) in [5.41, 5.74) is 4.52. The Hall–Kier alpha value is -1.98. The zero-order valence-electron chi connectivity index (χ0n) is 42.0. The SMILES string of the molecule is CCCCCCCCC1CCC2C3CC=C4C[C@H](OC(=O)OCCOC(=O)O[C@H]5CC[C@@]6(C)C(=CCC7C8CCC(CCCCCCCC)[C@@]8(C)CCC76)C5)CC[C@@]4(C)C3CC[C@@]12C. The zero-order valence-corrected chi connectivity index (χ0v) is 42.0. The number of carbonyl (C=O) groups is 2. The summed E-state index contributed by atoms with van der Waals surface area (Å²) in [6.45, 7) is 15.0. The van der Waals surface area contributed by atoms with Crippen molar-refractivity contribution >= 4 is 12.3 Å². The van der Waals surface area contributed by atoms with E-state index in [0.29, 0.717) is 10.8 Å². The summed E-state index contributed by atoms with van der Waals surface area (Å²) in [7, 11) is 0. The molecular weight excluding hydrogens is 793 g/mol. The molecule has 8 unspecified atom stereocenters. The van der Waals surface area contributed by atoms with Crippen LogP contribution in [0, 0.1) is 69.0 Å². The van der Waals surface area contributed by atoms with Crippen molar-refractivity contribution in [3.63, 3.8) is 0 Å². The Morgan fingerprint density at radius 2 is 0.906 bits per heavy atom. The molecule has 6 nitrogen and oxygen atoms in total. The number of rotatable bonds is 19. The van der Waals surface area contributed by atoms with Crippen LogP contribution in [0.4, 0.5) is 9.59 Å². The lowest BCUT2D eigenvalue weighted by atomic mass is 9.47. The van der Waals surface area contributed by atoms with E-state index in [1.807, 2.05) is 0 Å². The predicted octanol–water partition coefficient (Wildman–Crippen LogP) is 16.7. The molecule has 0 amide bonds. The largest absolute Gasteiger partial charge is 0.508 e. The smallest absolute Gasteiger partial charge is 0.431 e.